The molecule has 0 aromatic carbocycles. The molecule has 4 nitrogen and oxygen atoms in total. The van der Waals surface area contributed by atoms with Gasteiger partial charge in [0.05, 0.1) is 19.5 Å². The minimum atomic E-state index is 0.372. The van der Waals surface area contributed by atoms with Crippen LogP contribution in [-0.2, 0) is 0 Å². The first kappa shape index (κ1) is 10.8. The Hall–Kier alpha value is -1.32. The van der Waals surface area contributed by atoms with Crippen LogP contribution in [-0.4, -0.2) is 23.1 Å². The van der Waals surface area contributed by atoms with Crippen LogP contribution >= 0.6 is 0 Å². The summed E-state index contributed by atoms with van der Waals surface area (Å²) in [5.41, 5.74) is 0. The van der Waals surface area contributed by atoms with Gasteiger partial charge in [0.1, 0.15) is 5.82 Å². The molecule has 1 N–H and O–H groups in total. The molecular weight excluding hydrogens is 178 g/mol. The molecule has 1 rings (SSSR count). The van der Waals surface area contributed by atoms with Gasteiger partial charge in [0.15, 0.2) is 0 Å². The summed E-state index contributed by atoms with van der Waals surface area (Å²) in [6, 6.07) is 0.372. The summed E-state index contributed by atoms with van der Waals surface area (Å²) in [6.45, 7) is 6.43. The fourth-order valence-electron chi connectivity index (χ4n) is 0.916. The second-order valence-corrected chi connectivity index (χ2v) is 3.62. The van der Waals surface area contributed by atoms with Gasteiger partial charge in [-0.15, -0.1) is 0 Å². The standard InChI is InChI=1S/C10H17N3O/c1-7(2)8(3)12-9-5-11-6-10(13-9)14-4/h5-8H,1-4H3,(H,12,13). The predicted molar refractivity (Wildman–Crippen MR) is 56.5 cm³/mol. The summed E-state index contributed by atoms with van der Waals surface area (Å²) in [4.78, 5) is 8.24. The van der Waals surface area contributed by atoms with Crippen molar-refractivity contribution >= 4 is 5.82 Å². The highest BCUT2D eigenvalue weighted by atomic mass is 16.5. The number of rotatable bonds is 4. The normalized spacial score (nSPS) is 12.6. The Labute approximate surface area is 84.7 Å². The van der Waals surface area contributed by atoms with Crippen LogP contribution in [0.2, 0.25) is 0 Å². The van der Waals surface area contributed by atoms with Crippen LogP contribution in [0.4, 0.5) is 5.82 Å². The minimum absolute atomic E-state index is 0.372. The summed E-state index contributed by atoms with van der Waals surface area (Å²) in [5, 5.41) is 3.26. The van der Waals surface area contributed by atoms with E-state index in [0.717, 1.165) is 5.82 Å². The van der Waals surface area contributed by atoms with E-state index in [1.165, 1.54) is 0 Å². The number of methoxy groups -OCH3 is 1. The lowest BCUT2D eigenvalue weighted by molar-refractivity contribution is 0.396. The van der Waals surface area contributed by atoms with Gasteiger partial charge in [-0.3, -0.25) is 4.98 Å². The summed E-state index contributed by atoms with van der Waals surface area (Å²) in [7, 11) is 1.58. The lowest BCUT2D eigenvalue weighted by Crippen LogP contribution is -2.22. The van der Waals surface area contributed by atoms with Gasteiger partial charge in [-0.1, -0.05) is 13.8 Å². The van der Waals surface area contributed by atoms with Crippen LogP contribution in [0.1, 0.15) is 20.8 Å². The van der Waals surface area contributed by atoms with E-state index in [1.54, 1.807) is 19.5 Å². The maximum Gasteiger partial charge on any atom is 0.233 e. The molecular formula is C10H17N3O. The highest BCUT2D eigenvalue weighted by Gasteiger charge is 2.07. The molecule has 0 radical (unpaired) electrons. The Morgan fingerprint density at radius 3 is 2.57 bits per heavy atom. The monoisotopic (exact) mass is 195 g/mol. The van der Waals surface area contributed by atoms with Crippen molar-refractivity contribution in [3.05, 3.63) is 12.4 Å². The van der Waals surface area contributed by atoms with E-state index in [1.807, 2.05) is 0 Å². The van der Waals surface area contributed by atoms with Gasteiger partial charge in [0.2, 0.25) is 5.88 Å². The number of anilines is 1. The van der Waals surface area contributed by atoms with Crippen molar-refractivity contribution in [3.8, 4) is 5.88 Å². The second-order valence-electron chi connectivity index (χ2n) is 3.62. The number of ether oxygens (including phenoxy) is 1. The van der Waals surface area contributed by atoms with E-state index in [0.29, 0.717) is 17.8 Å². The van der Waals surface area contributed by atoms with E-state index in [2.05, 4.69) is 36.1 Å². The number of hydrogen-bond donors (Lipinski definition) is 1. The molecule has 0 aliphatic heterocycles. The van der Waals surface area contributed by atoms with E-state index in [4.69, 9.17) is 4.74 Å². The highest BCUT2D eigenvalue weighted by Crippen LogP contribution is 2.12. The largest absolute Gasteiger partial charge is 0.480 e. The third-order valence-electron chi connectivity index (χ3n) is 2.20. The van der Waals surface area contributed by atoms with Gasteiger partial charge in [0, 0.05) is 6.04 Å². The maximum absolute atomic E-state index is 4.98. The first-order chi connectivity index (χ1) is 6.63. The molecule has 0 spiro atoms. The van der Waals surface area contributed by atoms with Crippen molar-refractivity contribution in [2.45, 2.75) is 26.8 Å². The smallest absolute Gasteiger partial charge is 0.233 e. The third-order valence-corrected chi connectivity index (χ3v) is 2.20. The molecule has 0 aliphatic carbocycles. The fourth-order valence-corrected chi connectivity index (χ4v) is 0.916. The third kappa shape index (κ3) is 2.87. The molecule has 0 aliphatic rings. The molecule has 0 fully saturated rings. The minimum Gasteiger partial charge on any atom is -0.480 e. The van der Waals surface area contributed by atoms with E-state index >= 15 is 0 Å². The van der Waals surface area contributed by atoms with Crippen LogP contribution in [0.25, 0.3) is 0 Å². The Bertz CT molecular complexity index is 288. The van der Waals surface area contributed by atoms with Gasteiger partial charge >= 0.3 is 0 Å². The summed E-state index contributed by atoms with van der Waals surface area (Å²) in [5.74, 6) is 1.85. The molecule has 1 atom stereocenters. The number of aromatic nitrogens is 2. The van der Waals surface area contributed by atoms with Crippen LogP contribution in [0.3, 0.4) is 0 Å². The van der Waals surface area contributed by atoms with Crippen molar-refractivity contribution in [2.24, 2.45) is 5.92 Å². The number of hydrogen-bond acceptors (Lipinski definition) is 4. The van der Waals surface area contributed by atoms with Crippen molar-refractivity contribution in [1.82, 2.24) is 9.97 Å². The lowest BCUT2D eigenvalue weighted by atomic mass is 10.1. The summed E-state index contributed by atoms with van der Waals surface area (Å²) in [6.07, 6.45) is 3.28. The van der Waals surface area contributed by atoms with Gasteiger partial charge in [-0.05, 0) is 12.8 Å². The first-order valence-electron chi connectivity index (χ1n) is 4.76. The first-order valence-corrected chi connectivity index (χ1v) is 4.76. The molecule has 78 valence electrons. The molecule has 1 aromatic rings. The SMILES string of the molecule is COc1cncc(NC(C)C(C)C)n1. The number of nitrogens with one attached hydrogen (secondary N) is 1. The van der Waals surface area contributed by atoms with E-state index in [9.17, 15) is 0 Å². The molecule has 0 saturated heterocycles. The quantitative estimate of drug-likeness (QED) is 0.797. The average molecular weight is 195 g/mol. The van der Waals surface area contributed by atoms with Crippen molar-refractivity contribution in [3.63, 3.8) is 0 Å². The van der Waals surface area contributed by atoms with Crippen molar-refractivity contribution in [2.75, 3.05) is 12.4 Å². The molecule has 1 unspecified atom stereocenters. The second kappa shape index (κ2) is 4.79. The molecule has 1 heterocycles. The highest BCUT2D eigenvalue weighted by molar-refractivity contribution is 5.34. The Morgan fingerprint density at radius 1 is 1.29 bits per heavy atom. The lowest BCUT2D eigenvalue weighted by Gasteiger charge is -2.17. The predicted octanol–water partition coefficient (Wildman–Crippen LogP) is 1.94. The molecule has 0 bridgehead atoms. The van der Waals surface area contributed by atoms with Gasteiger partial charge in [0.25, 0.3) is 0 Å². The van der Waals surface area contributed by atoms with Crippen molar-refractivity contribution < 1.29 is 4.74 Å². The van der Waals surface area contributed by atoms with E-state index < -0.39 is 0 Å². The van der Waals surface area contributed by atoms with Gasteiger partial charge in [-0.2, -0.15) is 4.98 Å². The van der Waals surface area contributed by atoms with Crippen LogP contribution in [0.5, 0.6) is 5.88 Å². The molecule has 1 aromatic heterocycles. The van der Waals surface area contributed by atoms with Gasteiger partial charge < -0.3 is 10.1 Å². The molecule has 4 heteroatoms. The van der Waals surface area contributed by atoms with E-state index in [-0.39, 0.29) is 0 Å². The van der Waals surface area contributed by atoms with Gasteiger partial charge in [-0.25, -0.2) is 0 Å². The Kier molecular flexibility index (Phi) is 3.68. The average Bonchev–Trinajstić information content (AvgIpc) is 2.18. The molecule has 14 heavy (non-hydrogen) atoms. The zero-order valence-electron chi connectivity index (χ0n) is 9.11. The summed E-state index contributed by atoms with van der Waals surface area (Å²) < 4.78 is 4.98. The Morgan fingerprint density at radius 2 is 2.00 bits per heavy atom. The van der Waals surface area contributed by atoms with Crippen molar-refractivity contribution in [1.29, 1.82) is 0 Å². The van der Waals surface area contributed by atoms with Crippen LogP contribution < -0.4 is 10.1 Å². The zero-order valence-corrected chi connectivity index (χ0v) is 9.11. The van der Waals surface area contributed by atoms with Crippen LogP contribution in [0, 0.1) is 5.92 Å². The number of nitrogens with zero attached hydrogens (tertiary/aromatic N) is 2. The Balaban J connectivity index is 2.66. The van der Waals surface area contributed by atoms with Crippen LogP contribution in [0.15, 0.2) is 12.4 Å². The zero-order chi connectivity index (χ0) is 10.6. The topological polar surface area (TPSA) is 47.0 Å². The maximum atomic E-state index is 4.98. The fraction of sp³-hybridized carbons (Fsp3) is 0.600. The molecule has 0 saturated carbocycles. The summed E-state index contributed by atoms with van der Waals surface area (Å²) >= 11 is 0. The molecule has 0 amide bonds.